The number of nitrogens with zero attached hydrogens (tertiary/aromatic N) is 2. The molecule has 0 saturated heterocycles. The molecule has 0 bridgehead atoms. The van der Waals surface area contributed by atoms with Crippen molar-refractivity contribution in [3.8, 4) is 5.75 Å². The van der Waals surface area contributed by atoms with Crippen LogP contribution in [0.1, 0.15) is 17.4 Å². The fourth-order valence-corrected chi connectivity index (χ4v) is 3.53. The first-order valence-electron chi connectivity index (χ1n) is 6.90. The highest BCUT2D eigenvalue weighted by Crippen LogP contribution is 2.31. The SMILES string of the molecule is CC(=O)Nc1nc(C(=O)Nc2nc3ccc(OC(F)(F)F)cc3s2)cs1. The summed E-state index contributed by atoms with van der Waals surface area (Å²) in [6, 6.07) is 3.69. The number of fused-ring (bicyclic) bond motifs is 1. The van der Waals surface area contributed by atoms with Gasteiger partial charge in [-0.1, -0.05) is 11.3 Å². The van der Waals surface area contributed by atoms with E-state index in [1.54, 1.807) is 0 Å². The van der Waals surface area contributed by atoms with Gasteiger partial charge in [0.25, 0.3) is 5.91 Å². The second kappa shape index (κ2) is 6.88. The van der Waals surface area contributed by atoms with Gasteiger partial charge in [-0.3, -0.25) is 14.9 Å². The molecule has 2 amide bonds. The van der Waals surface area contributed by atoms with Crippen molar-refractivity contribution in [3.63, 3.8) is 0 Å². The first-order chi connectivity index (χ1) is 12.2. The molecular weight excluding hydrogens is 393 g/mol. The molecule has 0 spiro atoms. The molecule has 0 fully saturated rings. The quantitative estimate of drug-likeness (QED) is 0.691. The lowest BCUT2D eigenvalue weighted by Gasteiger charge is -2.07. The third-order valence-electron chi connectivity index (χ3n) is 2.83. The molecule has 2 heterocycles. The number of ether oxygens (including phenoxy) is 1. The number of halogens is 3. The predicted molar refractivity (Wildman–Crippen MR) is 90.7 cm³/mol. The van der Waals surface area contributed by atoms with Crippen LogP contribution in [0.5, 0.6) is 5.75 Å². The molecule has 0 aliphatic heterocycles. The lowest BCUT2D eigenvalue weighted by Crippen LogP contribution is -2.16. The summed E-state index contributed by atoms with van der Waals surface area (Å²) in [6.45, 7) is 1.32. The Morgan fingerprint density at radius 2 is 1.92 bits per heavy atom. The molecule has 0 atom stereocenters. The number of hydrogen-bond acceptors (Lipinski definition) is 7. The molecule has 3 aromatic rings. The first kappa shape index (κ1) is 18.1. The summed E-state index contributed by atoms with van der Waals surface area (Å²) in [6.07, 6.45) is -4.79. The summed E-state index contributed by atoms with van der Waals surface area (Å²) >= 11 is 2.08. The summed E-state index contributed by atoms with van der Waals surface area (Å²) in [4.78, 5) is 31.2. The highest BCUT2D eigenvalue weighted by atomic mass is 32.1. The minimum atomic E-state index is -4.79. The standard InChI is InChI=1S/C14H9F3N4O3S2/c1-6(22)18-12-20-9(5-25-12)11(23)21-13-19-8-3-2-7(4-10(8)26-13)24-14(15,16)17/h2-5H,1H3,(H,18,20,22)(H,19,21,23). The number of thiazole rings is 2. The van der Waals surface area contributed by atoms with Gasteiger partial charge < -0.3 is 10.1 Å². The van der Waals surface area contributed by atoms with E-state index in [0.29, 0.717) is 10.2 Å². The summed E-state index contributed by atoms with van der Waals surface area (Å²) in [7, 11) is 0. The molecule has 0 aliphatic rings. The van der Waals surface area contributed by atoms with Gasteiger partial charge in [0.1, 0.15) is 11.4 Å². The van der Waals surface area contributed by atoms with Crippen LogP contribution in [-0.4, -0.2) is 28.1 Å². The van der Waals surface area contributed by atoms with Crippen LogP contribution in [0.25, 0.3) is 10.2 Å². The largest absolute Gasteiger partial charge is 0.573 e. The average molecular weight is 402 g/mol. The molecule has 0 radical (unpaired) electrons. The van der Waals surface area contributed by atoms with Crippen LogP contribution in [0, 0.1) is 0 Å². The normalized spacial score (nSPS) is 11.4. The number of nitrogens with one attached hydrogen (secondary N) is 2. The molecule has 2 N–H and O–H groups in total. The molecule has 1 aromatic carbocycles. The van der Waals surface area contributed by atoms with Crippen molar-refractivity contribution in [3.05, 3.63) is 29.3 Å². The van der Waals surface area contributed by atoms with Crippen LogP contribution in [0.3, 0.4) is 0 Å². The molecule has 0 saturated carbocycles. The third-order valence-corrected chi connectivity index (χ3v) is 4.53. The van der Waals surface area contributed by atoms with Crippen molar-refractivity contribution in [1.29, 1.82) is 0 Å². The molecule has 0 unspecified atom stereocenters. The van der Waals surface area contributed by atoms with Crippen LogP contribution in [0.15, 0.2) is 23.6 Å². The third kappa shape index (κ3) is 4.46. The van der Waals surface area contributed by atoms with E-state index in [0.717, 1.165) is 28.7 Å². The van der Waals surface area contributed by atoms with Gasteiger partial charge in [0.15, 0.2) is 10.3 Å². The molecule has 26 heavy (non-hydrogen) atoms. The van der Waals surface area contributed by atoms with E-state index in [2.05, 4.69) is 25.3 Å². The van der Waals surface area contributed by atoms with Crippen molar-refractivity contribution < 1.29 is 27.5 Å². The summed E-state index contributed by atoms with van der Waals surface area (Å²) in [5, 5.41) is 6.92. The van der Waals surface area contributed by atoms with Gasteiger partial charge in [-0.25, -0.2) is 9.97 Å². The molecule has 7 nitrogen and oxygen atoms in total. The first-order valence-corrected chi connectivity index (χ1v) is 8.60. The Morgan fingerprint density at radius 3 is 2.62 bits per heavy atom. The summed E-state index contributed by atoms with van der Waals surface area (Å²) in [5.74, 6) is -1.23. The zero-order chi connectivity index (χ0) is 18.9. The van der Waals surface area contributed by atoms with Crippen molar-refractivity contribution in [2.24, 2.45) is 0 Å². The molecule has 12 heteroatoms. The maximum atomic E-state index is 12.3. The maximum absolute atomic E-state index is 12.3. The monoisotopic (exact) mass is 402 g/mol. The van der Waals surface area contributed by atoms with Crippen LogP contribution >= 0.6 is 22.7 Å². The molecule has 2 aromatic heterocycles. The van der Waals surface area contributed by atoms with Gasteiger partial charge >= 0.3 is 6.36 Å². The van der Waals surface area contributed by atoms with Crippen molar-refractivity contribution in [2.45, 2.75) is 13.3 Å². The van der Waals surface area contributed by atoms with Crippen LogP contribution in [0.4, 0.5) is 23.4 Å². The summed E-state index contributed by atoms with van der Waals surface area (Å²) < 4.78 is 41.1. The number of amides is 2. The van der Waals surface area contributed by atoms with Crippen molar-refractivity contribution in [2.75, 3.05) is 10.6 Å². The van der Waals surface area contributed by atoms with Gasteiger partial charge in [0.2, 0.25) is 5.91 Å². The Kier molecular flexibility index (Phi) is 4.78. The van der Waals surface area contributed by atoms with Gasteiger partial charge in [0, 0.05) is 18.4 Å². The number of hydrogen-bond donors (Lipinski definition) is 2. The smallest absolute Gasteiger partial charge is 0.406 e. The Morgan fingerprint density at radius 1 is 1.15 bits per heavy atom. The fourth-order valence-electron chi connectivity index (χ4n) is 1.90. The minimum absolute atomic E-state index is 0.0825. The van der Waals surface area contributed by atoms with Crippen molar-refractivity contribution in [1.82, 2.24) is 9.97 Å². The lowest BCUT2D eigenvalue weighted by molar-refractivity contribution is -0.274. The predicted octanol–water partition coefficient (Wildman–Crippen LogP) is 3.86. The lowest BCUT2D eigenvalue weighted by atomic mass is 10.3. The topological polar surface area (TPSA) is 93.2 Å². The van der Waals surface area contributed by atoms with Crippen LogP contribution in [0.2, 0.25) is 0 Å². The maximum Gasteiger partial charge on any atom is 0.573 e. The molecule has 3 rings (SSSR count). The molecule has 136 valence electrons. The second-order valence-electron chi connectivity index (χ2n) is 4.87. The highest BCUT2D eigenvalue weighted by Gasteiger charge is 2.31. The number of carbonyl (C=O) groups is 2. The van der Waals surface area contributed by atoms with Gasteiger partial charge in [-0.2, -0.15) is 0 Å². The Hall–Kier alpha value is -2.73. The number of carbonyl (C=O) groups excluding carboxylic acids is 2. The number of aromatic nitrogens is 2. The van der Waals surface area contributed by atoms with E-state index in [1.807, 2.05) is 0 Å². The van der Waals surface area contributed by atoms with Crippen LogP contribution < -0.4 is 15.4 Å². The Balaban J connectivity index is 1.75. The Labute approximate surface area is 151 Å². The highest BCUT2D eigenvalue weighted by molar-refractivity contribution is 7.22. The van der Waals surface area contributed by atoms with E-state index < -0.39 is 12.3 Å². The van der Waals surface area contributed by atoms with Gasteiger partial charge in [-0.15, -0.1) is 24.5 Å². The van der Waals surface area contributed by atoms with E-state index in [-0.39, 0.29) is 27.6 Å². The summed E-state index contributed by atoms with van der Waals surface area (Å²) in [5.41, 5.74) is 0.496. The van der Waals surface area contributed by atoms with E-state index >= 15 is 0 Å². The van der Waals surface area contributed by atoms with Crippen LogP contribution in [-0.2, 0) is 4.79 Å². The van der Waals surface area contributed by atoms with Crippen molar-refractivity contribution >= 4 is 55.0 Å². The zero-order valence-electron chi connectivity index (χ0n) is 12.9. The average Bonchev–Trinajstić information content (AvgIpc) is 3.10. The number of benzene rings is 1. The van der Waals surface area contributed by atoms with Gasteiger partial charge in [0.05, 0.1) is 10.2 Å². The van der Waals surface area contributed by atoms with Gasteiger partial charge in [-0.05, 0) is 12.1 Å². The molecular formula is C14H9F3N4O3S2. The van der Waals surface area contributed by atoms with E-state index in [4.69, 9.17) is 0 Å². The number of rotatable bonds is 4. The molecule has 0 aliphatic carbocycles. The number of anilines is 2. The van der Waals surface area contributed by atoms with E-state index in [9.17, 15) is 22.8 Å². The minimum Gasteiger partial charge on any atom is -0.406 e. The fraction of sp³-hybridized carbons (Fsp3) is 0.143. The number of alkyl halides is 3. The second-order valence-corrected chi connectivity index (χ2v) is 6.76. The Bertz CT molecular complexity index is 983. The van der Waals surface area contributed by atoms with E-state index in [1.165, 1.54) is 24.4 Å². The zero-order valence-corrected chi connectivity index (χ0v) is 14.5.